The zero-order valence-electron chi connectivity index (χ0n) is 15.5. The number of nitrogens with zero attached hydrogens (tertiary/aromatic N) is 1. The molecule has 1 fully saturated rings. The molecule has 142 valence electrons. The van der Waals surface area contributed by atoms with Crippen molar-refractivity contribution in [3.8, 4) is 5.75 Å². The molecule has 2 amide bonds. The third kappa shape index (κ3) is 4.19. The van der Waals surface area contributed by atoms with Gasteiger partial charge in [0, 0.05) is 19.3 Å². The van der Waals surface area contributed by atoms with Crippen LogP contribution in [0.2, 0.25) is 0 Å². The summed E-state index contributed by atoms with van der Waals surface area (Å²) in [5.74, 6) is -0.118. The Morgan fingerprint density at radius 2 is 2.00 bits per heavy atom. The quantitative estimate of drug-likeness (QED) is 0.808. The summed E-state index contributed by atoms with van der Waals surface area (Å²) in [5, 5.41) is 5.40. The second kappa shape index (κ2) is 8.07. The third-order valence-electron chi connectivity index (χ3n) is 4.75. The van der Waals surface area contributed by atoms with E-state index < -0.39 is 11.5 Å². The van der Waals surface area contributed by atoms with Crippen molar-refractivity contribution in [3.05, 3.63) is 63.6 Å². The van der Waals surface area contributed by atoms with Crippen LogP contribution in [0.1, 0.15) is 45.5 Å². The van der Waals surface area contributed by atoms with Crippen molar-refractivity contribution < 1.29 is 14.3 Å². The summed E-state index contributed by atoms with van der Waals surface area (Å²) in [6.45, 7) is 0.227. The molecule has 1 aromatic heterocycles. The van der Waals surface area contributed by atoms with Gasteiger partial charge >= 0.3 is 0 Å². The Kier molecular flexibility index (Phi) is 5.59. The lowest BCUT2D eigenvalue weighted by molar-refractivity contribution is 0.0916. The Bertz CT molecular complexity index is 916. The van der Waals surface area contributed by atoms with Crippen molar-refractivity contribution in [3.63, 3.8) is 0 Å². The predicted molar refractivity (Wildman–Crippen MR) is 101 cm³/mol. The Labute approximate surface area is 157 Å². The molecule has 0 aliphatic heterocycles. The van der Waals surface area contributed by atoms with Gasteiger partial charge in [-0.05, 0) is 43.0 Å². The van der Waals surface area contributed by atoms with E-state index in [0.717, 1.165) is 24.8 Å². The number of pyridine rings is 1. The number of carbonyl (C=O) groups is 2. The number of carbonyl (C=O) groups excluding carboxylic acids is 2. The minimum absolute atomic E-state index is 0.0540. The number of aromatic nitrogens is 1. The summed E-state index contributed by atoms with van der Waals surface area (Å²) < 4.78 is 6.59. The molecular weight excluding hydrogens is 346 g/mol. The molecular formula is C20H23N3O4. The first-order valence-electron chi connectivity index (χ1n) is 8.92. The lowest BCUT2D eigenvalue weighted by atomic mass is 9.93. The first-order chi connectivity index (χ1) is 13.0. The van der Waals surface area contributed by atoms with Crippen LogP contribution in [0.5, 0.6) is 5.75 Å². The molecule has 0 unspecified atom stereocenters. The zero-order valence-corrected chi connectivity index (χ0v) is 15.5. The predicted octanol–water partition coefficient (Wildman–Crippen LogP) is 1.55. The highest BCUT2D eigenvalue weighted by molar-refractivity contribution is 5.99. The van der Waals surface area contributed by atoms with Gasteiger partial charge in [-0.1, -0.05) is 12.1 Å². The molecule has 1 aromatic carbocycles. The van der Waals surface area contributed by atoms with Gasteiger partial charge in [0.2, 0.25) is 0 Å². The highest BCUT2D eigenvalue weighted by Crippen LogP contribution is 2.19. The van der Waals surface area contributed by atoms with E-state index in [1.54, 1.807) is 7.11 Å². The van der Waals surface area contributed by atoms with E-state index in [1.165, 1.54) is 23.9 Å². The van der Waals surface area contributed by atoms with Crippen molar-refractivity contribution in [2.75, 3.05) is 14.2 Å². The van der Waals surface area contributed by atoms with Crippen LogP contribution in [0.4, 0.5) is 0 Å². The van der Waals surface area contributed by atoms with Gasteiger partial charge in [0.15, 0.2) is 0 Å². The molecule has 0 bridgehead atoms. The number of amides is 2. The monoisotopic (exact) mass is 369 g/mol. The Hall–Kier alpha value is -3.09. The minimum atomic E-state index is -0.516. The van der Waals surface area contributed by atoms with Gasteiger partial charge in [-0.3, -0.25) is 14.4 Å². The molecule has 0 saturated heterocycles. The summed E-state index contributed by atoms with van der Waals surface area (Å²) in [4.78, 5) is 37.4. The first kappa shape index (κ1) is 18.7. The molecule has 3 rings (SSSR count). The third-order valence-corrected chi connectivity index (χ3v) is 4.75. The normalized spacial score (nSPS) is 13.6. The summed E-state index contributed by atoms with van der Waals surface area (Å²) in [7, 11) is 3.02. The molecule has 1 heterocycles. The molecule has 7 nitrogen and oxygen atoms in total. The van der Waals surface area contributed by atoms with Crippen LogP contribution in [-0.4, -0.2) is 36.6 Å². The Balaban J connectivity index is 1.97. The molecule has 2 N–H and O–H groups in total. The van der Waals surface area contributed by atoms with Gasteiger partial charge in [-0.25, -0.2) is 0 Å². The van der Waals surface area contributed by atoms with E-state index >= 15 is 0 Å². The van der Waals surface area contributed by atoms with Gasteiger partial charge in [-0.15, -0.1) is 0 Å². The number of rotatable bonds is 6. The summed E-state index contributed by atoms with van der Waals surface area (Å²) in [6.07, 6.45) is 4.51. The average molecular weight is 369 g/mol. The highest BCUT2D eigenvalue weighted by atomic mass is 16.5. The zero-order chi connectivity index (χ0) is 19.4. The molecule has 2 aromatic rings. The Morgan fingerprint density at radius 3 is 2.63 bits per heavy atom. The number of benzene rings is 1. The van der Waals surface area contributed by atoms with Crippen molar-refractivity contribution in [1.82, 2.24) is 15.2 Å². The van der Waals surface area contributed by atoms with E-state index in [9.17, 15) is 14.4 Å². The van der Waals surface area contributed by atoms with Crippen molar-refractivity contribution in [2.24, 2.45) is 0 Å². The van der Waals surface area contributed by atoms with Gasteiger partial charge in [0.05, 0.1) is 19.2 Å². The second-order valence-electron chi connectivity index (χ2n) is 6.61. The molecule has 0 spiro atoms. The van der Waals surface area contributed by atoms with E-state index in [0.29, 0.717) is 11.3 Å². The number of ether oxygens (including phenoxy) is 1. The summed E-state index contributed by atoms with van der Waals surface area (Å²) in [6, 6.07) is 8.83. The maximum Gasteiger partial charge on any atom is 0.263 e. The minimum Gasteiger partial charge on any atom is -0.497 e. The molecule has 0 atom stereocenters. The standard InChI is InChI=1S/C20H23N3O4/c1-21-19(25)17-10-14(18(24)22-15-6-4-7-15)12-23(20(17)26)11-13-5-3-8-16(9-13)27-2/h3,5,8-10,12,15H,4,6-7,11H2,1-2H3,(H,21,25)(H,22,24). The molecule has 1 saturated carbocycles. The van der Waals surface area contributed by atoms with Gasteiger partial charge in [0.1, 0.15) is 11.3 Å². The molecule has 7 heteroatoms. The molecule has 1 aliphatic rings. The number of nitrogens with one attached hydrogen (secondary N) is 2. The van der Waals surface area contributed by atoms with Crippen molar-refractivity contribution in [2.45, 2.75) is 31.8 Å². The average Bonchev–Trinajstić information content (AvgIpc) is 2.65. The van der Waals surface area contributed by atoms with E-state index in [-0.39, 0.29) is 24.1 Å². The summed E-state index contributed by atoms with van der Waals surface area (Å²) in [5.41, 5.74) is 0.623. The van der Waals surface area contributed by atoms with Crippen LogP contribution >= 0.6 is 0 Å². The molecule has 0 radical (unpaired) electrons. The smallest absolute Gasteiger partial charge is 0.263 e. The van der Waals surface area contributed by atoms with Gasteiger partial charge < -0.3 is 19.9 Å². The first-order valence-corrected chi connectivity index (χ1v) is 8.92. The Morgan fingerprint density at radius 1 is 1.22 bits per heavy atom. The van der Waals surface area contributed by atoms with Crippen LogP contribution in [-0.2, 0) is 6.54 Å². The number of hydrogen-bond acceptors (Lipinski definition) is 4. The summed E-state index contributed by atoms with van der Waals surface area (Å²) >= 11 is 0. The number of methoxy groups -OCH3 is 1. The van der Waals surface area contributed by atoms with Crippen molar-refractivity contribution >= 4 is 11.8 Å². The van der Waals surface area contributed by atoms with Gasteiger partial charge in [-0.2, -0.15) is 0 Å². The maximum atomic E-state index is 12.7. The van der Waals surface area contributed by atoms with Gasteiger partial charge in [0.25, 0.3) is 17.4 Å². The van der Waals surface area contributed by atoms with E-state index in [2.05, 4.69) is 10.6 Å². The maximum absolute atomic E-state index is 12.7. The van der Waals surface area contributed by atoms with E-state index in [1.807, 2.05) is 24.3 Å². The van der Waals surface area contributed by atoms with Crippen LogP contribution in [0.25, 0.3) is 0 Å². The topological polar surface area (TPSA) is 89.4 Å². The van der Waals surface area contributed by atoms with Crippen LogP contribution in [0.3, 0.4) is 0 Å². The lowest BCUT2D eigenvalue weighted by Crippen LogP contribution is -2.40. The van der Waals surface area contributed by atoms with Crippen LogP contribution in [0, 0.1) is 0 Å². The van der Waals surface area contributed by atoms with Crippen LogP contribution < -0.4 is 20.9 Å². The largest absolute Gasteiger partial charge is 0.497 e. The fraction of sp³-hybridized carbons (Fsp3) is 0.350. The molecule has 1 aliphatic carbocycles. The molecule has 27 heavy (non-hydrogen) atoms. The fourth-order valence-electron chi connectivity index (χ4n) is 2.96. The van der Waals surface area contributed by atoms with E-state index in [4.69, 9.17) is 4.74 Å². The lowest BCUT2D eigenvalue weighted by Gasteiger charge is -2.26. The van der Waals surface area contributed by atoms with Crippen LogP contribution in [0.15, 0.2) is 41.3 Å². The fourth-order valence-corrected chi connectivity index (χ4v) is 2.96. The van der Waals surface area contributed by atoms with Crippen molar-refractivity contribution in [1.29, 1.82) is 0 Å². The second-order valence-corrected chi connectivity index (χ2v) is 6.61. The highest BCUT2D eigenvalue weighted by Gasteiger charge is 2.22. The number of hydrogen-bond donors (Lipinski definition) is 2. The SMILES string of the molecule is CNC(=O)c1cc(C(=O)NC2CCC2)cn(Cc2cccc(OC)c2)c1=O.